The number of benzene rings is 2. The maximum absolute atomic E-state index is 13.0. The second kappa shape index (κ2) is 8.68. The van der Waals surface area contributed by atoms with E-state index in [9.17, 15) is 4.79 Å². The minimum absolute atomic E-state index is 0.0197. The van der Waals surface area contributed by atoms with E-state index in [1.54, 1.807) is 5.01 Å². The van der Waals surface area contributed by atoms with Crippen molar-refractivity contribution in [1.82, 2.24) is 9.91 Å². The molecule has 0 radical (unpaired) electrons. The van der Waals surface area contributed by atoms with Gasteiger partial charge in [0.25, 0.3) is 5.91 Å². The Morgan fingerprint density at radius 2 is 1.81 bits per heavy atom. The van der Waals surface area contributed by atoms with Gasteiger partial charge in [-0.2, -0.15) is 5.10 Å². The van der Waals surface area contributed by atoms with E-state index < -0.39 is 0 Å². The molecule has 142 valence electrons. The topological polar surface area (TPSA) is 35.9 Å². The van der Waals surface area contributed by atoms with Gasteiger partial charge in [0, 0.05) is 17.0 Å². The molecule has 1 aliphatic rings. The van der Waals surface area contributed by atoms with Crippen molar-refractivity contribution in [1.29, 1.82) is 0 Å². The van der Waals surface area contributed by atoms with E-state index in [0.717, 1.165) is 29.9 Å². The first-order valence-electron chi connectivity index (χ1n) is 9.46. The molecule has 0 aliphatic carbocycles. The Kier molecular flexibility index (Phi) is 6.30. The molecular weight excluding hydrogens is 358 g/mol. The molecule has 0 N–H and O–H groups in total. The number of carbonyl (C=O) groups excluding carboxylic acids is 1. The van der Waals surface area contributed by atoms with Crippen LogP contribution >= 0.6 is 11.6 Å². The second-order valence-electron chi connectivity index (χ2n) is 6.86. The van der Waals surface area contributed by atoms with Crippen molar-refractivity contribution >= 4 is 23.2 Å². The fourth-order valence-electron chi connectivity index (χ4n) is 3.36. The van der Waals surface area contributed by atoms with E-state index in [0.29, 0.717) is 18.0 Å². The fourth-order valence-corrected chi connectivity index (χ4v) is 3.60. The number of aryl methyl sites for hydroxylation is 1. The quantitative estimate of drug-likeness (QED) is 0.726. The molecule has 1 heterocycles. The monoisotopic (exact) mass is 383 g/mol. The van der Waals surface area contributed by atoms with Crippen LogP contribution in [0.5, 0.6) is 0 Å². The predicted octanol–water partition coefficient (Wildman–Crippen LogP) is 4.67. The van der Waals surface area contributed by atoms with Gasteiger partial charge < -0.3 is 0 Å². The third kappa shape index (κ3) is 4.40. The summed E-state index contributed by atoms with van der Waals surface area (Å²) in [7, 11) is 0. The molecule has 1 amide bonds. The molecule has 0 saturated carbocycles. The first-order valence-corrected chi connectivity index (χ1v) is 9.84. The normalized spacial score (nSPS) is 16.7. The van der Waals surface area contributed by atoms with E-state index in [1.807, 2.05) is 24.3 Å². The average molecular weight is 384 g/mol. The minimum atomic E-state index is -0.0973. The lowest BCUT2D eigenvalue weighted by molar-refractivity contribution is -0.134. The van der Waals surface area contributed by atoms with E-state index >= 15 is 0 Å². The first-order chi connectivity index (χ1) is 13.0. The standard InChI is InChI=1S/C22H26ClN3O/c1-4-25(5-2)15-22(27)26-21(17-12-10-16(3)11-13-17)14-20(24-26)18-8-6-7-9-19(18)23/h6-13,21H,4-5,14-15H2,1-3H3/t21-/m0/s1. The van der Waals surface area contributed by atoms with Crippen LogP contribution in [-0.2, 0) is 4.79 Å². The lowest BCUT2D eigenvalue weighted by atomic mass is 9.97. The highest BCUT2D eigenvalue weighted by Crippen LogP contribution is 2.34. The molecule has 0 aromatic heterocycles. The van der Waals surface area contributed by atoms with Crippen molar-refractivity contribution in [2.75, 3.05) is 19.6 Å². The van der Waals surface area contributed by atoms with Crippen LogP contribution in [0, 0.1) is 6.92 Å². The van der Waals surface area contributed by atoms with Gasteiger partial charge in [0.05, 0.1) is 18.3 Å². The fraction of sp³-hybridized carbons (Fsp3) is 0.364. The first kappa shape index (κ1) is 19.6. The van der Waals surface area contributed by atoms with Gasteiger partial charge >= 0.3 is 0 Å². The molecule has 0 fully saturated rings. The van der Waals surface area contributed by atoms with Gasteiger partial charge in [-0.3, -0.25) is 9.69 Å². The van der Waals surface area contributed by atoms with Crippen LogP contribution in [0.1, 0.15) is 43.0 Å². The number of carbonyl (C=O) groups is 1. The molecule has 3 rings (SSSR count). The van der Waals surface area contributed by atoms with Gasteiger partial charge in [0.1, 0.15) is 0 Å². The number of hydrogen-bond acceptors (Lipinski definition) is 3. The summed E-state index contributed by atoms with van der Waals surface area (Å²) in [4.78, 5) is 15.1. The lowest BCUT2D eigenvalue weighted by Crippen LogP contribution is -2.38. The number of halogens is 1. The zero-order valence-electron chi connectivity index (χ0n) is 16.2. The second-order valence-corrected chi connectivity index (χ2v) is 7.26. The molecule has 27 heavy (non-hydrogen) atoms. The van der Waals surface area contributed by atoms with Crippen LogP contribution in [0.3, 0.4) is 0 Å². The van der Waals surface area contributed by atoms with Crippen LogP contribution in [0.15, 0.2) is 53.6 Å². The molecule has 2 aromatic carbocycles. The van der Waals surface area contributed by atoms with E-state index in [-0.39, 0.29) is 11.9 Å². The Hall–Kier alpha value is -2.17. The highest BCUT2D eigenvalue weighted by molar-refractivity contribution is 6.34. The summed E-state index contributed by atoms with van der Waals surface area (Å²) in [6.45, 7) is 8.24. The highest BCUT2D eigenvalue weighted by atomic mass is 35.5. The van der Waals surface area contributed by atoms with Gasteiger partial charge in [-0.05, 0) is 31.6 Å². The van der Waals surface area contributed by atoms with Gasteiger partial charge in [-0.25, -0.2) is 5.01 Å². The van der Waals surface area contributed by atoms with Crippen LogP contribution in [0.4, 0.5) is 0 Å². The van der Waals surface area contributed by atoms with Gasteiger partial charge in [-0.1, -0.05) is 73.5 Å². The maximum Gasteiger partial charge on any atom is 0.257 e. The minimum Gasteiger partial charge on any atom is -0.295 e. The summed E-state index contributed by atoms with van der Waals surface area (Å²) >= 11 is 6.38. The van der Waals surface area contributed by atoms with Crippen molar-refractivity contribution < 1.29 is 4.79 Å². The molecular formula is C22H26ClN3O. The largest absolute Gasteiger partial charge is 0.295 e. The molecule has 0 spiro atoms. The van der Waals surface area contributed by atoms with E-state index in [4.69, 9.17) is 16.7 Å². The lowest BCUT2D eigenvalue weighted by Gasteiger charge is -2.25. The highest BCUT2D eigenvalue weighted by Gasteiger charge is 2.33. The number of rotatable bonds is 6. The number of amides is 1. The van der Waals surface area contributed by atoms with Gasteiger partial charge in [0.15, 0.2) is 0 Å². The number of likely N-dealkylation sites (N-methyl/N-ethyl adjacent to an activating group) is 1. The molecule has 0 saturated heterocycles. The molecule has 0 bridgehead atoms. The molecule has 2 aromatic rings. The summed E-state index contributed by atoms with van der Waals surface area (Å²) in [6.07, 6.45) is 0.663. The predicted molar refractivity (Wildman–Crippen MR) is 111 cm³/mol. The van der Waals surface area contributed by atoms with Crippen molar-refractivity contribution in [2.45, 2.75) is 33.2 Å². The van der Waals surface area contributed by atoms with Crippen LogP contribution in [0.25, 0.3) is 0 Å². The van der Waals surface area contributed by atoms with Crippen molar-refractivity contribution in [3.05, 3.63) is 70.2 Å². The van der Waals surface area contributed by atoms with E-state index in [1.165, 1.54) is 5.56 Å². The Labute approximate surface area is 166 Å². The molecule has 1 aliphatic heterocycles. The van der Waals surface area contributed by atoms with Crippen LogP contribution < -0.4 is 0 Å². The van der Waals surface area contributed by atoms with Gasteiger partial charge in [0.2, 0.25) is 0 Å². The number of hydrogen-bond donors (Lipinski definition) is 0. The maximum atomic E-state index is 13.0. The van der Waals surface area contributed by atoms with Crippen LogP contribution in [0.2, 0.25) is 5.02 Å². The summed E-state index contributed by atoms with van der Waals surface area (Å²) in [5, 5.41) is 7.03. The summed E-state index contributed by atoms with van der Waals surface area (Å²) in [5.41, 5.74) is 4.05. The zero-order chi connectivity index (χ0) is 19.4. The number of hydrazone groups is 1. The Morgan fingerprint density at radius 3 is 2.44 bits per heavy atom. The molecule has 4 nitrogen and oxygen atoms in total. The van der Waals surface area contributed by atoms with E-state index in [2.05, 4.69) is 49.9 Å². The number of nitrogens with zero attached hydrogens (tertiary/aromatic N) is 3. The SMILES string of the molecule is CCN(CC)CC(=O)N1N=C(c2ccccc2Cl)C[C@H]1c1ccc(C)cc1. The zero-order valence-corrected chi connectivity index (χ0v) is 16.9. The van der Waals surface area contributed by atoms with Crippen molar-refractivity contribution in [3.63, 3.8) is 0 Å². The summed E-state index contributed by atoms with van der Waals surface area (Å²) < 4.78 is 0. The third-order valence-electron chi connectivity index (χ3n) is 5.07. The van der Waals surface area contributed by atoms with Crippen molar-refractivity contribution in [3.8, 4) is 0 Å². The molecule has 0 unspecified atom stereocenters. The molecule has 5 heteroatoms. The Bertz CT molecular complexity index is 828. The summed E-state index contributed by atoms with van der Waals surface area (Å²) in [6, 6.07) is 15.9. The average Bonchev–Trinajstić information content (AvgIpc) is 3.12. The molecule has 1 atom stereocenters. The Balaban J connectivity index is 1.93. The third-order valence-corrected chi connectivity index (χ3v) is 5.40. The Morgan fingerprint density at radius 1 is 1.15 bits per heavy atom. The van der Waals surface area contributed by atoms with Crippen LogP contribution in [-0.4, -0.2) is 41.2 Å². The van der Waals surface area contributed by atoms with Crippen molar-refractivity contribution in [2.24, 2.45) is 5.10 Å². The van der Waals surface area contributed by atoms with Gasteiger partial charge in [-0.15, -0.1) is 0 Å². The summed E-state index contributed by atoms with van der Waals surface area (Å²) in [5.74, 6) is 0.0197. The smallest absolute Gasteiger partial charge is 0.257 e.